The molecule has 162 valence electrons. The molecule has 0 unspecified atom stereocenters. The van der Waals surface area contributed by atoms with Gasteiger partial charge in [0, 0.05) is 17.8 Å². The van der Waals surface area contributed by atoms with Crippen molar-refractivity contribution in [1.82, 2.24) is 0 Å². The molecule has 0 saturated carbocycles. The van der Waals surface area contributed by atoms with Crippen molar-refractivity contribution in [1.29, 1.82) is 0 Å². The fourth-order valence-electron chi connectivity index (χ4n) is 3.01. The van der Waals surface area contributed by atoms with Gasteiger partial charge in [-0.1, -0.05) is 62.4 Å². The van der Waals surface area contributed by atoms with Crippen molar-refractivity contribution in [3.63, 3.8) is 0 Å². The molecule has 0 atom stereocenters. The molecular formula is C28H27NO3. The summed E-state index contributed by atoms with van der Waals surface area (Å²) in [5.41, 5.74) is 4.93. The van der Waals surface area contributed by atoms with Crippen LogP contribution in [0.4, 0.5) is 5.69 Å². The second-order valence-corrected chi connectivity index (χ2v) is 7.29. The van der Waals surface area contributed by atoms with Gasteiger partial charge < -0.3 is 10.1 Å². The van der Waals surface area contributed by atoms with E-state index in [1.165, 1.54) is 23.3 Å². The molecule has 0 aliphatic heterocycles. The first-order valence-electron chi connectivity index (χ1n) is 10.7. The molecule has 3 aromatic carbocycles. The summed E-state index contributed by atoms with van der Waals surface area (Å²) in [5.74, 6) is -0.126. The third-order valence-electron chi connectivity index (χ3n) is 4.96. The van der Waals surface area contributed by atoms with Crippen LogP contribution < -0.4 is 10.1 Å². The van der Waals surface area contributed by atoms with Crippen molar-refractivity contribution in [3.05, 3.63) is 107 Å². The molecule has 4 nitrogen and oxygen atoms in total. The number of hydrogen-bond acceptors (Lipinski definition) is 3. The van der Waals surface area contributed by atoms with Gasteiger partial charge in [-0.25, -0.2) is 4.79 Å². The maximum atomic E-state index is 12.1. The van der Waals surface area contributed by atoms with Gasteiger partial charge in [0.25, 0.3) is 0 Å². The minimum absolute atomic E-state index is 0.203. The zero-order valence-electron chi connectivity index (χ0n) is 18.4. The summed E-state index contributed by atoms with van der Waals surface area (Å²) in [6.45, 7) is 4.18. The van der Waals surface area contributed by atoms with Crippen LogP contribution >= 0.6 is 0 Å². The van der Waals surface area contributed by atoms with Crippen LogP contribution in [-0.2, 0) is 22.4 Å². The van der Waals surface area contributed by atoms with Crippen molar-refractivity contribution in [2.45, 2.75) is 26.7 Å². The summed E-state index contributed by atoms with van der Waals surface area (Å²) in [5, 5.41) is 2.83. The van der Waals surface area contributed by atoms with E-state index in [9.17, 15) is 9.59 Å². The third kappa shape index (κ3) is 7.10. The van der Waals surface area contributed by atoms with E-state index in [4.69, 9.17) is 4.74 Å². The van der Waals surface area contributed by atoms with Gasteiger partial charge in [-0.05, 0) is 71.5 Å². The van der Waals surface area contributed by atoms with Crippen LogP contribution in [-0.4, -0.2) is 11.9 Å². The molecule has 3 rings (SSSR count). The molecule has 1 N–H and O–H groups in total. The van der Waals surface area contributed by atoms with E-state index >= 15 is 0 Å². The highest BCUT2D eigenvalue weighted by molar-refractivity contribution is 6.02. The Kier molecular flexibility index (Phi) is 8.15. The number of esters is 1. The highest BCUT2D eigenvalue weighted by Crippen LogP contribution is 2.14. The minimum Gasteiger partial charge on any atom is -0.423 e. The Labute approximate surface area is 189 Å². The third-order valence-corrected chi connectivity index (χ3v) is 4.96. The predicted molar refractivity (Wildman–Crippen MR) is 130 cm³/mol. The Morgan fingerprint density at radius 3 is 1.78 bits per heavy atom. The molecule has 32 heavy (non-hydrogen) atoms. The second-order valence-electron chi connectivity index (χ2n) is 7.29. The van der Waals surface area contributed by atoms with Gasteiger partial charge in [0.1, 0.15) is 5.75 Å². The fourth-order valence-corrected chi connectivity index (χ4v) is 3.01. The fraction of sp³-hybridized carbons (Fsp3) is 0.143. The molecule has 0 radical (unpaired) electrons. The quantitative estimate of drug-likeness (QED) is 0.270. The van der Waals surface area contributed by atoms with Crippen LogP contribution in [0, 0.1) is 0 Å². The zero-order valence-corrected chi connectivity index (χ0v) is 18.4. The Hall–Kier alpha value is -3.92. The van der Waals surface area contributed by atoms with E-state index in [1.54, 1.807) is 36.4 Å². The standard InChI is InChI=1S/C28H27NO3/c1-3-21-5-7-23(8-6-21)13-19-27(30)29-25-15-9-24(10-16-25)14-20-28(31)32-26-17-11-22(4-2)12-18-26/h5-20H,3-4H2,1-2H3,(H,29,30). The Morgan fingerprint density at radius 1 is 0.719 bits per heavy atom. The molecule has 0 saturated heterocycles. The molecule has 0 aliphatic carbocycles. The van der Waals surface area contributed by atoms with Crippen molar-refractivity contribution >= 4 is 29.7 Å². The van der Waals surface area contributed by atoms with Crippen LogP contribution in [0.5, 0.6) is 5.75 Å². The number of amides is 1. The lowest BCUT2D eigenvalue weighted by atomic mass is 10.1. The normalized spacial score (nSPS) is 11.1. The minimum atomic E-state index is -0.441. The highest BCUT2D eigenvalue weighted by atomic mass is 16.5. The van der Waals surface area contributed by atoms with Gasteiger partial charge in [0.05, 0.1) is 0 Å². The first-order chi connectivity index (χ1) is 15.6. The topological polar surface area (TPSA) is 55.4 Å². The SMILES string of the molecule is CCc1ccc(C=CC(=O)Nc2ccc(C=CC(=O)Oc3ccc(CC)cc3)cc2)cc1. The number of rotatable bonds is 8. The Balaban J connectivity index is 1.50. The van der Waals surface area contributed by atoms with Crippen LogP contribution in [0.1, 0.15) is 36.1 Å². The Bertz CT molecular complexity index is 1090. The summed E-state index contributed by atoms with van der Waals surface area (Å²) >= 11 is 0. The Morgan fingerprint density at radius 2 is 1.22 bits per heavy atom. The molecule has 0 aliphatic rings. The maximum Gasteiger partial charge on any atom is 0.336 e. The lowest BCUT2D eigenvalue weighted by molar-refractivity contribution is -0.128. The average molecular weight is 426 g/mol. The molecule has 0 bridgehead atoms. The van der Waals surface area contributed by atoms with E-state index in [-0.39, 0.29) is 5.91 Å². The van der Waals surface area contributed by atoms with Gasteiger partial charge in [0.15, 0.2) is 0 Å². The molecule has 0 fully saturated rings. The molecule has 0 aromatic heterocycles. The van der Waals surface area contributed by atoms with E-state index in [0.717, 1.165) is 24.0 Å². The van der Waals surface area contributed by atoms with Crippen molar-refractivity contribution in [2.24, 2.45) is 0 Å². The first-order valence-corrected chi connectivity index (χ1v) is 10.7. The lowest BCUT2D eigenvalue weighted by Crippen LogP contribution is -2.07. The van der Waals surface area contributed by atoms with E-state index in [0.29, 0.717) is 11.4 Å². The highest BCUT2D eigenvalue weighted by Gasteiger charge is 2.02. The molecule has 0 spiro atoms. The van der Waals surface area contributed by atoms with Crippen LogP contribution in [0.25, 0.3) is 12.2 Å². The zero-order chi connectivity index (χ0) is 22.8. The van der Waals surface area contributed by atoms with Crippen molar-refractivity contribution in [2.75, 3.05) is 5.32 Å². The van der Waals surface area contributed by atoms with Gasteiger partial charge in [-0.15, -0.1) is 0 Å². The number of carbonyl (C=O) groups excluding carboxylic acids is 2. The van der Waals surface area contributed by atoms with Gasteiger partial charge in [0.2, 0.25) is 5.91 Å². The van der Waals surface area contributed by atoms with Gasteiger partial charge >= 0.3 is 5.97 Å². The number of aryl methyl sites for hydroxylation is 2. The lowest BCUT2D eigenvalue weighted by Gasteiger charge is -2.03. The summed E-state index contributed by atoms with van der Waals surface area (Å²) in [6.07, 6.45) is 8.28. The maximum absolute atomic E-state index is 12.1. The molecule has 3 aromatic rings. The smallest absolute Gasteiger partial charge is 0.336 e. The summed E-state index contributed by atoms with van der Waals surface area (Å²) < 4.78 is 5.30. The summed E-state index contributed by atoms with van der Waals surface area (Å²) in [6, 6.07) is 22.8. The average Bonchev–Trinajstić information content (AvgIpc) is 2.83. The van der Waals surface area contributed by atoms with Crippen LogP contribution in [0.2, 0.25) is 0 Å². The van der Waals surface area contributed by atoms with Crippen LogP contribution in [0.15, 0.2) is 84.9 Å². The van der Waals surface area contributed by atoms with E-state index < -0.39 is 5.97 Å². The van der Waals surface area contributed by atoms with E-state index in [1.807, 2.05) is 36.4 Å². The van der Waals surface area contributed by atoms with Gasteiger partial charge in [-0.3, -0.25) is 4.79 Å². The number of carbonyl (C=O) groups is 2. The monoisotopic (exact) mass is 425 g/mol. The number of anilines is 1. The predicted octanol–water partition coefficient (Wildman–Crippen LogP) is 6.08. The van der Waals surface area contributed by atoms with Gasteiger partial charge in [-0.2, -0.15) is 0 Å². The number of ether oxygens (including phenoxy) is 1. The number of benzene rings is 3. The second kappa shape index (κ2) is 11.5. The van der Waals surface area contributed by atoms with Crippen molar-refractivity contribution < 1.29 is 14.3 Å². The summed E-state index contributed by atoms with van der Waals surface area (Å²) in [4.78, 5) is 24.2. The number of nitrogens with one attached hydrogen (secondary N) is 1. The molecular weight excluding hydrogens is 398 g/mol. The summed E-state index contributed by atoms with van der Waals surface area (Å²) in [7, 11) is 0. The molecule has 1 amide bonds. The van der Waals surface area contributed by atoms with E-state index in [2.05, 4.69) is 31.3 Å². The largest absolute Gasteiger partial charge is 0.423 e. The van der Waals surface area contributed by atoms with Crippen molar-refractivity contribution in [3.8, 4) is 5.75 Å². The molecule has 0 heterocycles. The molecule has 4 heteroatoms. The number of hydrogen-bond donors (Lipinski definition) is 1. The van der Waals surface area contributed by atoms with Crippen LogP contribution in [0.3, 0.4) is 0 Å². The first kappa shape index (κ1) is 22.8.